The van der Waals surface area contributed by atoms with Gasteiger partial charge in [0.1, 0.15) is 5.02 Å². The molecule has 0 bridgehead atoms. The average Bonchev–Trinajstić information content (AvgIpc) is 2.64. The number of aryl methyl sites for hydroxylation is 1. The Morgan fingerprint density at radius 3 is 2.69 bits per heavy atom. The number of aromatic amines is 1. The van der Waals surface area contributed by atoms with Gasteiger partial charge in [-0.05, 0) is 32.0 Å². The number of H-pyrrole nitrogens is 1. The predicted molar refractivity (Wildman–Crippen MR) is 98.0 cm³/mol. The number of carbonyl (C=O) groups is 1. The molecule has 0 unspecified atom stereocenters. The van der Waals surface area contributed by atoms with Crippen LogP contribution in [0.5, 0.6) is 0 Å². The SMILES string of the molecule is Cc1nc(-c2ccncc2)ncc1[C@H](C)NC(=O)c1c[nH]c(=O)c(Cl)c1. The first-order chi connectivity index (χ1) is 12.5. The number of rotatable bonds is 4. The van der Waals surface area contributed by atoms with Gasteiger partial charge in [-0.1, -0.05) is 11.6 Å². The lowest BCUT2D eigenvalue weighted by Gasteiger charge is -2.16. The van der Waals surface area contributed by atoms with E-state index < -0.39 is 5.56 Å². The summed E-state index contributed by atoms with van der Waals surface area (Å²) in [5, 5.41) is 2.81. The van der Waals surface area contributed by atoms with E-state index in [9.17, 15) is 9.59 Å². The zero-order chi connectivity index (χ0) is 18.7. The minimum Gasteiger partial charge on any atom is -0.345 e. The van der Waals surface area contributed by atoms with E-state index in [1.54, 1.807) is 18.6 Å². The smallest absolute Gasteiger partial charge is 0.266 e. The zero-order valence-corrected chi connectivity index (χ0v) is 14.9. The van der Waals surface area contributed by atoms with Gasteiger partial charge >= 0.3 is 0 Å². The van der Waals surface area contributed by atoms with Gasteiger partial charge in [-0.3, -0.25) is 14.6 Å². The van der Waals surface area contributed by atoms with E-state index in [1.165, 1.54) is 12.3 Å². The van der Waals surface area contributed by atoms with Crippen LogP contribution >= 0.6 is 11.6 Å². The highest BCUT2D eigenvalue weighted by atomic mass is 35.5. The Morgan fingerprint density at radius 1 is 1.31 bits per heavy atom. The Morgan fingerprint density at radius 2 is 2.04 bits per heavy atom. The Labute approximate surface area is 154 Å². The lowest BCUT2D eigenvalue weighted by molar-refractivity contribution is 0.0939. The maximum Gasteiger partial charge on any atom is 0.266 e. The van der Waals surface area contributed by atoms with Crippen LogP contribution in [0.1, 0.15) is 34.6 Å². The molecular formula is C18H16ClN5O2. The van der Waals surface area contributed by atoms with Gasteiger partial charge in [0.25, 0.3) is 11.5 Å². The van der Waals surface area contributed by atoms with Gasteiger partial charge in [-0.2, -0.15) is 0 Å². The van der Waals surface area contributed by atoms with E-state index in [0.29, 0.717) is 5.82 Å². The summed E-state index contributed by atoms with van der Waals surface area (Å²) < 4.78 is 0. The van der Waals surface area contributed by atoms with Crippen LogP contribution in [0.15, 0.2) is 47.8 Å². The summed E-state index contributed by atoms with van der Waals surface area (Å²) in [5.74, 6) is 0.243. The maximum absolute atomic E-state index is 12.4. The molecule has 0 aromatic carbocycles. The molecule has 0 aliphatic rings. The maximum atomic E-state index is 12.4. The second-order valence-electron chi connectivity index (χ2n) is 5.73. The Kier molecular flexibility index (Phi) is 5.09. The second kappa shape index (κ2) is 7.45. The molecule has 0 radical (unpaired) electrons. The van der Waals surface area contributed by atoms with Crippen LogP contribution in [0, 0.1) is 6.92 Å². The topological polar surface area (TPSA) is 101 Å². The molecule has 0 saturated heterocycles. The fraction of sp³-hybridized carbons (Fsp3) is 0.167. The van der Waals surface area contributed by atoms with Crippen LogP contribution in [0.25, 0.3) is 11.4 Å². The highest BCUT2D eigenvalue weighted by molar-refractivity contribution is 6.30. The third-order valence-electron chi connectivity index (χ3n) is 3.89. The summed E-state index contributed by atoms with van der Waals surface area (Å²) in [5.41, 5.74) is 2.26. The molecule has 0 saturated carbocycles. The quantitative estimate of drug-likeness (QED) is 0.736. The largest absolute Gasteiger partial charge is 0.345 e. The number of nitrogens with one attached hydrogen (secondary N) is 2. The first kappa shape index (κ1) is 17.8. The summed E-state index contributed by atoms with van der Waals surface area (Å²) >= 11 is 5.76. The minimum atomic E-state index is -0.438. The minimum absolute atomic E-state index is 0.0356. The number of amides is 1. The summed E-state index contributed by atoms with van der Waals surface area (Å²) in [6.07, 6.45) is 6.38. The van der Waals surface area contributed by atoms with Crippen LogP contribution in [0.2, 0.25) is 5.02 Å². The molecule has 1 atom stereocenters. The molecule has 3 heterocycles. The molecule has 2 N–H and O–H groups in total. The van der Waals surface area contributed by atoms with Crippen molar-refractivity contribution in [3.05, 3.63) is 75.2 Å². The van der Waals surface area contributed by atoms with E-state index in [4.69, 9.17) is 11.6 Å². The van der Waals surface area contributed by atoms with Crippen LogP contribution in [-0.2, 0) is 0 Å². The number of carbonyl (C=O) groups excluding carboxylic acids is 1. The summed E-state index contributed by atoms with van der Waals surface area (Å²) in [6, 6.07) is 4.68. The number of hydrogen-bond donors (Lipinski definition) is 2. The Bertz CT molecular complexity index is 1000. The van der Waals surface area contributed by atoms with Crippen molar-refractivity contribution >= 4 is 17.5 Å². The first-order valence-corrected chi connectivity index (χ1v) is 8.26. The molecule has 26 heavy (non-hydrogen) atoms. The number of pyridine rings is 2. The van der Waals surface area contributed by atoms with Gasteiger partial charge < -0.3 is 10.3 Å². The number of nitrogens with zero attached hydrogens (tertiary/aromatic N) is 3. The molecule has 1 amide bonds. The summed E-state index contributed by atoms with van der Waals surface area (Å²) in [4.78, 5) is 38.9. The van der Waals surface area contributed by atoms with Crippen molar-refractivity contribution in [2.75, 3.05) is 0 Å². The monoisotopic (exact) mass is 369 g/mol. The molecule has 3 aromatic heterocycles. The molecule has 0 aliphatic heterocycles. The molecule has 132 valence electrons. The Balaban J connectivity index is 1.79. The molecule has 0 fully saturated rings. The zero-order valence-electron chi connectivity index (χ0n) is 14.2. The van der Waals surface area contributed by atoms with Gasteiger partial charge in [0.2, 0.25) is 0 Å². The van der Waals surface area contributed by atoms with Crippen molar-refractivity contribution in [2.24, 2.45) is 0 Å². The fourth-order valence-corrected chi connectivity index (χ4v) is 2.66. The predicted octanol–water partition coefficient (Wildman–Crippen LogP) is 2.68. The van der Waals surface area contributed by atoms with Gasteiger partial charge in [0.15, 0.2) is 5.82 Å². The van der Waals surface area contributed by atoms with E-state index in [-0.39, 0.29) is 22.5 Å². The van der Waals surface area contributed by atoms with Gasteiger partial charge in [0.05, 0.1) is 11.6 Å². The van der Waals surface area contributed by atoms with Gasteiger partial charge in [-0.15, -0.1) is 0 Å². The molecule has 0 spiro atoms. The van der Waals surface area contributed by atoms with Crippen molar-refractivity contribution in [3.8, 4) is 11.4 Å². The van der Waals surface area contributed by atoms with Crippen LogP contribution in [0.3, 0.4) is 0 Å². The lowest BCUT2D eigenvalue weighted by atomic mass is 10.1. The number of hydrogen-bond acceptors (Lipinski definition) is 5. The highest BCUT2D eigenvalue weighted by Crippen LogP contribution is 2.20. The van der Waals surface area contributed by atoms with E-state index in [2.05, 4.69) is 25.3 Å². The highest BCUT2D eigenvalue weighted by Gasteiger charge is 2.16. The molecule has 7 nitrogen and oxygen atoms in total. The van der Waals surface area contributed by atoms with E-state index >= 15 is 0 Å². The molecule has 8 heteroatoms. The molecule has 0 aliphatic carbocycles. The van der Waals surface area contributed by atoms with Crippen molar-refractivity contribution in [1.82, 2.24) is 25.3 Å². The standard InChI is InChI=1S/C18H16ClN5O2/c1-10-14(9-21-16(23-10)12-3-5-20-6-4-12)11(2)24-17(25)13-7-15(19)18(26)22-8-13/h3-9,11H,1-2H3,(H,22,26)(H,24,25)/t11-/m0/s1. The van der Waals surface area contributed by atoms with E-state index in [1.807, 2.05) is 26.0 Å². The third kappa shape index (κ3) is 3.78. The summed E-state index contributed by atoms with van der Waals surface area (Å²) in [7, 11) is 0. The summed E-state index contributed by atoms with van der Waals surface area (Å²) in [6.45, 7) is 3.70. The molecular weight excluding hydrogens is 354 g/mol. The van der Waals surface area contributed by atoms with E-state index in [0.717, 1.165) is 16.8 Å². The number of halogens is 1. The molecule has 3 aromatic rings. The number of aromatic nitrogens is 4. The van der Waals surface area contributed by atoms with Crippen LogP contribution < -0.4 is 10.9 Å². The van der Waals surface area contributed by atoms with Crippen molar-refractivity contribution in [2.45, 2.75) is 19.9 Å². The third-order valence-corrected chi connectivity index (χ3v) is 4.17. The average molecular weight is 370 g/mol. The van der Waals surface area contributed by atoms with Crippen LogP contribution in [0.4, 0.5) is 0 Å². The van der Waals surface area contributed by atoms with Crippen molar-refractivity contribution in [3.63, 3.8) is 0 Å². The normalized spacial score (nSPS) is 11.8. The first-order valence-electron chi connectivity index (χ1n) is 7.88. The second-order valence-corrected chi connectivity index (χ2v) is 6.14. The van der Waals surface area contributed by atoms with Crippen molar-refractivity contribution in [1.29, 1.82) is 0 Å². The fourth-order valence-electron chi connectivity index (χ4n) is 2.49. The van der Waals surface area contributed by atoms with Crippen LogP contribution in [-0.4, -0.2) is 25.8 Å². The van der Waals surface area contributed by atoms with Crippen molar-refractivity contribution < 1.29 is 4.79 Å². The Hall–Kier alpha value is -3.06. The van der Waals surface area contributed by atoms with Gasteiger partial charge in [0, 0.05) is 41.6 Å². The molecule has 3 rings (SSSR count). The lowest BCUT2D eigenvalue weighted by Crippen LogP contribution is -2.28. The van der Waals surface area contributed by atoms with Gasteiger partial charge in [-0.25, -0.2) is 9.97 Å².